The Kier molecular flexibility index (Phi) is 3.76. The minimum Gasteiger partial charge on any atom is -0.508 e. The van der Waals surface area contributed by atoms with Crippen LogP contribution in [0.25, 0.3) is 0 Å². The minimum absolute atomic E-state index is 0.400. The highest BCUT2D eigenvalue weighted by Gasteiger charge is 2.29. The molecule has 3 rings (SSSR count). The van der Waals surface area contributed by atoms with Crippen molar-refractivity contribution in [3.63, 3.8) is 0 Å². The van der Waals surface area contributed by atoms with E-state index in [-0.39, 0.29) is 0 Å². The second kappa shape index (κ2) is 5.51. The maximum absolute atomic E-state index is 9.75. The van der Waals surface area contributed by atoms with Gasteiger partial charge >= 0.3 is 0 Å². The number of aromatic hydroxyl groups is 1. The summed E-state index contributed by atoms with van der Waals surface area (Å²) in [4.78, 5) is 2.58. The third kappa shape index (κ3) is 2.63. The van der Waals surface area contributed by atoms with Gasteiger partial charge in [-0.15, -0.1) is 0 Å². The Morgan fingerprint density at radius 1 is 1.21 bits per heavy atom. The minimum atomic E-state index is 0.400. The smallest absolute Gasteiger partial charge is 0.115 e. The van der Waals surface area contributed by atoms with E-state index in [9.17, 15) is 5.11 Å². The van der Waals surface area contributed by atoms with E-state index in [1.807, 2.05) is 19.2 Å². The summed E-state index contributed by atoms with van der Waals surface area (Å²) >= 11 is 0. The van der Waals surface area contributed by atoms with Crippen molar-refractivity contribution in [2.45, 2.75) is 44.2 Å². The van der Waals surface area contributed by atoms with Crippen LogP contribution in [0.5, 0.6) is 5.75 Å². The lowest BCUT2D eigenvalue weighted by atomic mass is 9.85. The summed E-state index contributed by atoms with van der Waals surface area (Å²) in [6.07, 6.45) is 6.31. The van der Waals surface area contributed by atoms with Gasteiger partial charge in [0.1, 0.15) is 5.75 Å². The van der Waals surface area contributed by atoms with E-state index >= 15 is 0 Å². The zero-order valence-electron chi connectivity index (χ0n) is 11.6. The average Bonchev–Trinajstić information content (AvgIpc) is 2.47. The van der Waals surface area contributed by atoms with Crippen LogP contribution in [0.15, 0.2) is 18.2 Å². The summed E-state index contributed by atoms with van der Waals surface area (Å²) in [5.41, 5.74) is 2.77. The van der Waals surface area contributed by atoms with Crippen molar-refractivity contribution >= 4 is 0 Å². The Balaban J connectivity index is 1.78. The first kappa shape index (κ1) is 12.9. The van der Waals surface area contributed by atoms with Crippen LogP contribution in [0.4, 0.5) is 0 Å². The summed E-state index contributed by atoms with van der Waals surface area (Å²) in [7, 11) is 1.81. The molecule has 1 aromatic carbocycles. The van der Waals surface area contributed by atoms with Gasteiger partial charge in [-0.2, -0.15) is 0 Å². The molecule has 1 fully saturated rings. The van der Waals surface area contributed by atoms with Crippen LogP contribution in [0, 0.1) is 0 Å². The van der Waals surface area contributed by atoms with Crippen LogP contribution in [-0.2, 0) is 11.2 Å². The van der Waals surface area contributed by atoms with Gasteiger partial charge < -0.3 is 9.84 Å². The monoisotopic (exact) mass is 261 g/mol. The number of phenolic OH excluding ortho intramolecular Hbond substituents is 1. The summed E-state index contributed by atoms with van der Waals surface area (Å²) in [6, 6.07) is 6.38. The number of piperidine rings is 1. The van der Waals surface area contributed by atoms with Gasteiger partial charge in [-0.05, 0) is 55.4 Å². The highest BCUT2D eigenvalue weighted by atomic mass is 16.5. The Hall–Kier alpha value is -1.06. The number of likely N-dealkylation sites (tertiary alicyclic amines) is 1. The number of methoxy groups -OCH3 is 1. The number of rotatable bonds is 2. The molecular weight excluding hydrogens is 238 g/mol. The van der Waals surface area contributed by atoms with Gasteiger partial charge in [0.25, 0.3) is 0 Å². The molecule has 1 heterocycles. The highest BCUT2D eigenvalue weighted by molar-refractivity contribution is 5.38. The molecule has 1 aromatic rings. The molecule has 1 N–H and O–H groups in total. The molecule has 1 atom stereocenters. The highest BCUT2D eigenvalue weighted by Crippen LogP contribution is 2.37. The largest absolute Gasteiger partial charge is 0.508 e. The number of aryl methyl sites for hydroxylation is 1. The van der Waals surface area contributed by atoms with Crippen molar-refractivity contribution in [3.05, 3.63) is 29.3 Å². The SMILES string of the molecule is COC1CCN(C2CCCc3ccc(O)cc32)CC1. The van der Waals surface area contributed by atoms with E-state index < -0.39 is 0 Å². The van der Waals surface area contributed by atoms with Crippen LogP contribution in [-0.4, -0.2) is 36.3 Å². The van der Waals surface area contributed by atoms with Gasteiger partial charge in [0.2, 0.25) is 0 Å². The standard InChI is InChI=1S/C16H23NO2/c1-19-14-7-9-17(10-8-14)16-4-2-3-12-5-6-13(18)11-15(12)16/h5-6,11,14,16,18H,2-4,7-10H2,1H3. The van der Waals surface area contributed by atoms with Gasteiger partial charge in [0.15, 0.2) is 0 Å². The summed E-state index contributed by atoms with van der Waals surface area (Å²) in [5, 5.41) is 9.75. The third-order valence-corrected chi connectivity index (χ3v) is 4.66. The van der Waals surface area contributed by atoms with Crippen LogP contribution >= 0.6 is 0 Å². The number of hydrogen-bond acceptors (Lipinski definition) is 3. The number of hydrogen-bond donors (Lipinski definition) is 1. The maximum Gasteiger partial charge on any atom is 0.115 e. The molecule has 1 unspecified atom stereocenters. The van der Waals surface area contributed by atoms with Gasteiger partial charge in [0, 0.05) is 26.2 Å². The predicted octanol–water partition coefficient (Wildman–Crippen LogP) is 2.88. The topological polar surface area (TPSA) is 32.7 Å². The summed E-state index contributed by atoms with van der Waals surface area (Å²) in [5.74, 6) is 0.400. The van der Waals surface area contributed by atoms with Crippen molar-refractivity contribution in [3.8, 4) is 5.75 Å². The molecule has 0 aromatic heterocycles. The Bertz CT molecular complexity index is 438. The molecule has 1 aliphatic carbocycles. The van der Waals surface area contributed by atoms with Crippen molar-refractivity contribution < 1.29 is 9.84 Å². The lowest BCUT2D eigenvalue weighted by molar-refractivity contribution is 0.0240. The first-order valence-corrected chi connectivity index (χ1v) is 7.36. The van der Waals surface area contributed by atoms with Gasteiger partial charge in [-0.1, -0.05) is 6.07 Å². The van der Waals surface area contributed by atoms with Crippen molar-refractivity contribution in [2.75, 3.05) is 20.2 Å². The Labute approximate surface area is 115 Å². The lowest BCUT2D eigenvalue weighted by Crippen LogP contribution is -2.40. The number of nitrogens with zero attached hydrogens (tertiary/aromatic N) is 1. The van der Waals surface area contributed by atoms with E-state index in [0.29, 0.717) is 17.9 Å². The Morgan fingerprint density at radius 2 is 2.00 bits per heavy atom. The first-order valence-electron chi connectivity index (χ1n) is 7.36. The second-order valence-corrected chi connectivity index (χ2v) is 5.76. The van der Waals surface area contributed by atoms with Crippen molar-refractivity contribution in [2.24, 2.45) is 0 Å². The number of benzene rings is 1. The van der Waals surface area contributed by atoms with E-state index in [1.165, 1.54) is 24.0 Å². The zero-order valence-corrected chi connectivity index (χ0v) is 11.6. The first-order chi connectivity index (χ1) is 9.28. The van der Waals surface area contributed by atoms with Gasteiger partial charge in [-0.3, -0.25) is 4.90 Å². The molecule has 3 heteroatoms. The van der Waals surface area contributed by atoms with Crippen LogP contribution in [0.2, 0.25) is 0 Å². The number of fused-ring (bicyclic) bond motifs is 1. The fourth-order valence-corrected chi connectivity index (χ4v) is 3.56. The fourth-order valence-electron chi connectivity index (χ4n) is 3.56. The van der Waals surface area contributed by atoms with E-state index in [0.717, 1.165) is 32.4 Å². The van der Waals surface area contributed by atoms with Crippen molar-refractivity contribution in [1.82, 2.24) is 4.90 Å². The zero-order chi connectivity index (χ0) is 13.2. The normalized spacial score (nSPS) is 25.2. The second-order valence-electron chi connectivity index (χ2n) is 5.76. The van der Waals surface area contributed by atoms with Gasteiger partial charge in [0.05, 0.1) is 6.10 Å². The molecule has 0 amide bonds. The average molecular weight is 261 g/mol. The van der Waals surface area contributed by atoms with E-state index in [4.69, 9.17) is 4.74 Å². The summed E-state index contributed by atoms with van der Waals surface area (Å²) in [6.45, 7) is 2.22. The third-order valence-electron chi connectivity index (χ3n) is 4.66. The molecule has 3 nitrogen and oxygen atoms in total. The molecular formula is C16H23NO2. The molecule has 19 heavy (non-hydrogen) atoms. The molecule has 0 bridgehead atoms. The molecule has 0 spiro atoms. The fraction of sp³-hybridized carbons (Fsp3) is 0.625. The summed E-state index contributed by atoms with van der Waals surface area (Å²) < 4.78 is 5.45. The van der Waals surface area contributed by atoms with Crippen LogP contribution in [0.3, 0.4) is 0 Å². The molecule has 104 valence electrons. The van der Waals surface area contributed by atoms with E-state index in [2.05, 4.69) is 11.0 Å². The van der Waals surface area contributed by atoms with E-state index in [1.54, 1.807) is 0 Å². The number of ether oxygens (including phenoxy) is 1. The number of phenols is 1. The van der Waals surface area contributed by atoms with Crippen LogP contribution < -0.4 is 0 Å². The molecule has 0 radical (unpaired) electrons. The van der Waals surface area contributed by atoms with Gasteiger partial charge in [-0.25, -0.2) is 0 Å². The molecule has 1 aliphatic heterocycles. The van der Waals surface area contributed by atoms with Crippen LogP contribution in [0.1, 0.15) is 42.9 Å². The maximum atomic E-state index is 9.75. The molecule has 0 saturated carbocycles. The lowest BCUT2D eigenvalue weighted by Gasteiger charge is -2.40. The van der Waals surface area contributed by atoms with Crippen molar-refractivity contribution in [1.29, 1.82) is 0 Å². The molecule has 1 saturated heterocycles. The Morgan fingerprint density at radius 3 is 2.74 bits per heavy atom. The predicted molar refractivity (Wildman–Crippen MR) is 75.4 cm³/mol. The molecule has 2 aliphatic rings. The quantitative estimate of drug-likeness (QED) is 0.888.